The fraction of sp³-hybridized carbons (Fsp3) is 0.381. The van der Waals surface area contributed by atoms with E-state index in [9.17, 15) is 4.79 Å². The zero-order chi connectivity index (χ0) is 19.8. The molecule has 1 saturated heterocycles. The molecule has 0 aromatic heterocycles. The van der Waals surface area contributed by atoms with Crippen LogP contribution in [-0.2, 0) is 16.0 Å². The molecule has 1 heterocycles. The van der Waals surface area contributed by atoms with Crippen LogP contribution in [0.4, 0.5) is 11.4 Å². The Balaban J connectivity index is 1.49. The fourth-order valence-electron chi connectivity index (χ4n) is 3.11. The molecule has 0 atom stereocenters. The molecule has 1 aliphatic rings. The van der Waals surface area contributed by atoms with Gasteiger partial charge in [-0.3, -0.25) is 4.79 Å². The minimum atomic E-state index is -0.0542. The summed E-state index contributed by atoms with van der Waals surface area (Å²) in [4.78, 5) is 14.5. The van der Waals surface area contributed by atoms with Gasteiger partial charge in [0.15, 0.2) is 0 Å². The second-order valence-electron chi connectivity index (χ2n) is 6.56. The summed E-state index contributed by atoms with van der Waals surface area (Å²) >= 11 is 6.15. The van der Waals surface area contributed by atoms with Crippen LogP contribution in [0.2, 0.25) is 5.02 Å². The molecule has 1 aliphatic heterocycles. The Morgan fingerprint density at radius 2 is 1.93 bits per heavy atom. The third kappa shape index (κ3) is 5.78. The van der Waals surface area contributed by atoms with Gasteiger partial charge >= 0.3 is 0 Å². The van der Waals surface area contributed by atoms with Crippen molar-refractivity contribution < 1.29 is 14.3 Å². The van der Waals surface area contributed by atoms with E-state index in [0.29, 0.717) is 24.8 Å². The Labute approximate surface area is 170 Å². The first-order chi connectivity index (χ1) is 13.7. The number of nitrogens with zero attached hydrogens (tertiary/aromatic N) is 1. The van der Waals surface area contributed by atoms with Gasteiger partial charge in [0, 0.05) is 24.7 Å². The van der Waals surface area contributed by atoms with Crippen LogP contribution < -0.4 is 20.3 Å². The molecule has 0 bridgehead atoms. The SMILES string of the molecule is COc1ccc(CCNC(=O)CNc2cc(Cl)ccc2N2CCOCC2)cc1. The number of ether oxygens (including phenoxy) is 2. The Morgan fingerprint density at radius 1 is 1.18 bits per heavy atom. The maximum atomic E-state index is 12.2. The average Bonchev–Trinajstić information content (AvgIpc) is 2.73. The van der Waals surface area contributed by atoms with Gasteiger partial charge in [-0.1, -0.05) is 23.7 Å². The number of amides is 1. The highest BCUT2D eigenvalue weighted by atomic mass is 35.5. The molecule has 6 nitrogen and oxygen atoms in total. The van der Waals surface area contributed by atoms with Crippen LogP contribution in [0.1, 0.15) is 5.56 Å². The maximum Gasteiger partial charge on any atom is 0.239 e. The molecule has 0 unspecified atom stereocenters. The predicted octanol–water partition coefficient (Wildman–Crippen LogP) is 2.96. The van der Waals surface area contributed by atoms with E-state index in [0.717, 1.165) is 42.2 Å². The Bertz CT molecular complexity index is 777. The van der Waals surface area contributed by atoms with Crippen LogP contribution in [0.15, 0.2) is 42.5 Å². The number of morpholine rings is 1. The van der Waals surface area contributed by atoms with Crippen molar-refractivity contribution in [2.24, 2.45) is 0 Å². The minimum absolute atomic E-state index is 0.0542. The summed E-state index contributed by atoms with van der Waals surface area (Å²) in [7, 11) is 1.65. The van der Waals surface area contributed by atoms with Crippen molar-refractivity contribution in [3.63, 3.8) is 0 Å². The Kier molecular flexibility index (Phi) is 7.39. The second-order valence-corrected chi connectivity index (χ2v) is 7.00. The number of hydrogen-bond acceptors (Lipinski definition) is 5. The number of carbonyl (C=O) groups excluding carboxylic acids is 1. The quantitative estimate of drug-likeness (QED) is 0.709. The van der Waals surface area contributed by atoms with Crippen molar-refractivity contribution in [3.8, 4) is 5.75 Å². The van der Waals surface area contributed by atoms with E-state index in [4.69, 9.17) is 21.1 Å². The lowest BCUT2D eigenvalue weighted by atomic mass is 10.1. The van der Waals surface area contributed by atoms with Gasteiger partial charge in [-0.2, -0.15) is 0 Å². The van der Waals surface area contributed by atoms with Crippen molar-refractivity contribution in [1.82, 2.24) is 5.32 Å². The van der Waals surface area contributed by atoms with Gasteiger partial charge in [-0.05, 0) is 42.3 Å². The molecule has 1 amide bonds. The van der Waals surface area contributed by atoms with Gasteiger partial charge in [-0.15, -0.1) is 0 Å². The molecule has 2 aromatic carbocycles. The monoisotopic (exact) mass is 403 g/mol. The van der Waals surface area contributed by atoms with Crippen molar-refractivity contribution in [2.45, 2.75) is 6.42 Å². The summed E-state index contributed by atoms with van der Waals surface area (Å²) in [5.74, 6) is 0.774. The van der Waals surface area contributed by atoms with Crippen LogP contribution >= 0.6 is 11.6 Å². The van der Waals surface area contributed by atoms with E-state index < -0.39 is 0 Å². The Morgan fingerprint density at radius 3 is 2.64 bits per heavy atom. The molecule has 2 aromatic rings. The summed E-state index contributed by atoms with van der Waals surface area (Å²) in [6, 6.07) is 13.6. The number of carbonyl (C=O) groups is 1. The van der Waals surface area contributed by atoms with Crippen LogP contribution in [0, 0.1) is 0 Å². The van der Waals surface area contributed by atoms with Gasteiger partial charge in [0.2, 0.25) is 5.91 Å². The number of methoxy groups -OCH3 is 1. The fourth-order valence-corrected chi connectivity index (χ4v) is 3.28. The number of hydrogen-bond donors (Lipinski definition) is 2. The maximum absolute atomic E-state index is 12.2. The van der Waals surface area contributed by atoms with Gasteiger partial charge in [-0.25, -0.2) is 0 Å². The molecular weight excluding hydrogens is 378 g/mol. The third-order valence-corrected chi connectivity index (χ3v) is 4.88. The molecule has 3 rings (SSSR count). The van der Waals surface area contributed by atoms with E-state index in [-0.39, 0.29) is 12.5 Å². The average molecular weight is 404 g/mol. The van der Waals surface area contributed by atoms with Gasteiger partial charge < -0.3 is 25.0 Å². The first-order valence-electron chi connectivity index (χ1n) is 9.41. The lowest BCUT2D eigenvalue weighted by molar-refractivity contribution is -0.119. The van der Waals surface area contributed by atoms with Gasteiger partial charge in [0.25, 0.3) is 0 Å². The first-order valence-corrected chi connectivity index (χ1v) is 9.79. The smallest absolute Gasteiger partial charge is 0.239 e. The third-order valence-electron chi connectivity index (χ3n) is 4.64. The van der Waals surface area contributed by atoms with Crippen molar-refractivity contribution in [2.75, 3.05) is 56.7 Å². The van der Waals surface area contributed by atoms with E-state index in [1.807, 2.05) is 42.5 Å². The van der Waals surface area contributed by atoms with Crippen molar-refractivity contribution in [3.05, 3.63) is 53.1 Å². The van der Waals surface area contributed by atoms with Crippen LogP contribution in [0.3, 0.4) is 0 Å². The number of halogens is 1. The molecule has 1 fully saturated rings. The van der Waals surface area contributed by atoms with Crippen LogP contribution in [0.25, 0.3) is 0 Å². The predicted molar refractivity (Wildman–Crippen MR) is 113 cm³/mol. The molecule has 28 heavy (non-hydrogen) atoms. The Hall–Kier alpha value is -2.44. The summed E-state index contributed by atoms with van der Waals surface area (Å²) in [6.45, 7) is 3.83. The highest BCUT2D eigenvalue weighted by Crippen LogP contribution is 2.29. The number of rotatable bonds is 8. The van der Waals surface area contributed by atoms with E-state index >= 15 is 0 Å². The first kappa shape index (κ1) is 20.3. The topological polar surface area (TPSA) is 62.8 Å². The molecule has 2 N–H and O–H groups in total. The lowest BCUT2D eigenvalue weighted by Crippen LogP contribution is -2.37. The molecule has 0 aliphatic carbocycles. The minimum Gasteiger partial charge on any atom is -0.497 e. The molecule has 0 spiro atoms. The molecule has 150 valence electrons. The summed E-state index contributed by atoms with van der Waals surface area (Å²) < 4.78 is 10.6. The number of anilines is 2. The molecule has 0 saturated carbocycles. The molecular formula is C21H26ClN3O3. The van der Waals surface area contributed by atoms with E-state index in [1.165, 1.54) is 0 Å². The second kappa shape index (κ2) is 10.2. The molecule has 7 heteroatoms. The van der Waals surface area contributed by atoms with Gasteiger partial charge in [0.05, 0.1) is 38.2 Å². The number of nitrogens with one attached hydrogen (secondary N) is 2. The van der Waals surface area contributed by atoms with Crippen molar-refractivity contribution in [1.29, 1.82) is 0 Å². The highest BCUT2D eigenvalue weighted by molar-refractivity contribution is 6.31. The largest absolute Gasteiger partial charge is 0.497 e. The van der Waals surface area contributed by atoms with Crippen LogP contribution in [0.5, 0.6) is 5.75 Å². The zero-order valence-electron chi connectivity index (χ0n) is 16.0. The van der Waals surface area contributed by atoms with Crippen LogP contribution in [-0.4, -0.2) is 52.4 Å². The summed E-state index contributed by atoms with van der Waals surface area (Å²) in [5, 5.41) is 6.80. The normalized spacial score (nSPS) is 13.9. The highest BCUT2D eigenvalue weighted by Gasteiger charge is 2.15. The zero-order valence-corrected chi connectivity index (χ0v) is 16.8. The van der Waals surface area contributed by atoms with E-state index in [2.05, 4.69) is 15.5 Å². The number of benzene rings is 2. The standard InChI is InChI=1S/C21H26ClN3O3/c1-27-18-5-2-16(3-6-18)8-9-23-21(26)15-24-19-14-17(22)4-7-20(19)25-10-12-28-13-11-25/h2-7,14,24H,8-13,15H2,1H3,(H,23,26). The summed E-state index contributed by atoms with van der Waals surface area (Å²) in [5.41, 5.74) is 3.05. The van der Waals surface area contributed by atoms with Crippen molar-refractivity contribution >= 4 is 28.9 Å². The van der Waals surface area contributed by atoms with Gasteiger partial charge in [0.1, 0.15) is 5.75 Å². The molecule has 0 radical (unpaired) electrons. The lowest BCUT2D eigenvalue weighted by Gasteiger charge is -2.30. The van der Waals surface area contributed by atoms with E-state index in [1.54, 1.807) is 7.11 Å². The summed E-state index contributed by atoms with van der Waals surface area (Å²) in [6.07, 6.45) is 0.770.